The highest BCUT2D eigenvalue weighted by Gasteiger charge is 2.28. The third-order valence-electron chi connectivity index (χ3n) is 6.36. The lowest BCUT2D eigenvalue weighted by molar-refractivity contribution is -0.140. The first-order chi connectivity index (χ1) is 15.0. The van der Waals surface area contributed by atoms with E-state index in [9.17, 15) is 9.59 Å². The fourth-order valence-corrected chi connectivity index (χ4v) is 4.32. The average molecular weight is 421 g/mol. The molecular weight excluding hydrogens is 384 g/mol. The van der Waals surface area contributed by atoms with Crippen molar-refractivity contribution in [1.29, 1.82) is 0 Å². The molecule has 0 aromatic heterocycles. The number of amides is 2. The van der Waals surface area contributed by atoms with Gasteiger partial charge in [-0.1, -0.05) is 73.9 Å². The van der Waals surface area contributed by atoms with E-state index in [4.69, 9.17) is 0 Å². The summed E-state index contributed by atoms with van der Waals surface area (Å²) in [5.41, 5.74) is 4.67. The molecule has 1 atom stereocenters. The highest BCUT2D eigenvalue weighted by Crippen LogP contribution is 2.19. The number of rotatable bonds is 9. The van der Waals surface area contributed by atoms with E-state index in [-0.39, 0.29) is 17.9 Å². The van der Waals surface area contributed by atoms with Gasteiger partial charge in [0.2, 0.25) is 11.8 Å². The molecule has 166 valence electrons. The fourth-order valence-electron chi connectivity index (χ4n) is 4.32. The number of nitrogens with one attached hydrogen (secondary N) is 1. The topological polar surface area (TPSA) is 49.4 Å². The number of hydrogen-bond acceptors (Lipinski definition) is 2. The van der Waals surface area contributed by atoms with Crippen LogP contribution >= 0.6 is 0 Å². The molecule has 0 radical (unpaired) electrons. The van der Waals surface area contributed by atoms with E-state index in [0.29, 0.717) is 19.4 Å². The summed E-state index contributed by atoms with van der Waals surface area (Å²) in [6.07, 6.45) is 6.51. The zero-order valence-corrected chi connectivity index (χ0v) is 19.2. The Morgan fingerprint density at radius 2 is 1.71 bits per heavy atom. The van der Waals surface area contributed by atoms with Crippen LogP contribution in [0.2, 0.25) is 0 Å². The summed E-state index contributed by atoms with van der Waals surface area (Å²) >= 11 is 0. The van der Waals surface area contributed by atoms with Gasteiger partial charge in [0.05, 0.1) is 0 Å². The van der Waals surface area contributed by atoms with Crippen molar-refractivity contribution in [3.05, 3.63) is 70.8 Å². The maximum atomic E-state index is 13.3. The first kappa shape index (κ1) is 23.1. The molecule has 1 N–H and O–H groups in total. The van der Waals surface area contributed by atoms with Crippen molar-refractivity contribution in [1.82, 2.24) is 10.2 Å². The molecule has 2 aromatic carbocycles. The van der Waals surface area contributed by atoms with Gasteiger partial charge in [-0.25, -0.2) is 0 Å². The Kier molecular flexibility index (Phi) is 8.27. The predicted molar refractivity (Wildman–Crippen MR) is 126 cm³/mol. The van der Waals surface area contributed by atoms with Gasteiger partial charge in [-0.3, -0.25) is 9.59 Å². The highest BCUT2D eigenvalue weighted by molar-refractivity contribution is 5.87. The molecule has 4 heteroatoms. The van der Waals surface area contributed by atoms with Crippen LogP contribution in [0.25, 0.3) is 0 Å². The maximum Gasteiger partial charge on any atom is 0.242 e. The van der Waals surface area contributed by atoms with Gasteiger partial charge in [-0.2, -0.15) is 0 Å². The monoisotopic (exact) mass is 420 g/mol. The molecule has 1 fully saturated rings. The lowest BCUT2D eigenvalue weighted by atomic mass is 10.0. The normalized spacial score (nSPS) is 14.9. The van der Waals surface area contributed by atoms with Gasteiger partial charge in [0.15, 0.2) is 0 Å². The van der Waals surface area contributed by atoms with E-state index in [1.54, 1.807) is 4.90 Å². The molecule has 0 saturated heterocycles. The summed E-state index contributed by atoms with van der Waals surface area (Å²) in [7, 11) is 0. The van der Waals surface area contributed by atoms with Crippen molar-refractivity contribution < 1.29 is 9.59 Å². The Bertz CT molecular complexity index is 869. The van der Waals surface area contributed by atoms with Crippen LogP contribution in [-0.4, -0.2) is 28.8 Å². The second-order valence-electron chi connectivity index (χ2n) is 8.85. The summed E-state index contributed by atoms with van der Waals surface area (Å²) < 4.78 is 0. The predicted octanol–water partition coefficient (Wildman–Crippen LogP) is 4.97. The molecule has 0 unspecified atom stereocenters. The number of aryl methyl sites for hydroxylation is 3. The molecule has 1 aliphatic rings. The summed E-state index contributed by atoms with van der Waals surface area (Å²) in [6.45, 7) is 6.49. The van der Waals surface area contributed by atoms with Crippen molar-refractivity contribution in [3.8, 4) is 0 Å². The standard InChI is InChI=1S/C27H36N2O2/c1-4-22-12-14-23(15-13-22)16-17-26(30)29(19-24-9-7-8-20(2)18-24)21(3)27(31)28-25-10-5-6-11-25/h7-9,12-15,18,21,25H,4-6,10-11,16-17,19H2,1-3H3,(H,28,31)/t21-/m0/s1. The van der Waals surface area contributed by atoms with E-state index < -0.39 is 6.04 Å². The quantitative estimate of drug-likeness (QED) is 0.623. The van der Waals surface area contributed by atoms with E-state index in [0.717, 1.165) is 36.0 Å². The molecule has 31 heavy (non-hydrogen) atoms. The highest BCUT2D eigenvalue weighted by atomic mass is 16.2. The number of carbonyl (C=O) groups excluding carboxylic acids is 2. The molecule has 0 bridgehead atoms. The van der Waals surface area contributed by atoms with Gasteiger partial charge in [0.1, 0.15) is 6.04 Å². The first-order valence-corrected chi connectivity index (χ1v) is 11.7. The van der Waals surface area contributed by atoms with Gasteiger partial charge in [-0.15, -0.1) is 0 Å². The first-order valence-electron chi connectivity index (χ1n) is 11.7. The third kappa shape index (κ3) is 6.68. The maximum absolute atomic E-state index is 13.3. The van der Waals surface area contributed by atoms with Gasteiger partial charge < -0.3 is 10.2 Å². The fraction of sp³-hybridized carbons (Fsp3) is 0.481. The largest absolute Gasteiger partial charge is 0.352 e. The summed E-state index contributed by atoms with van der Waals surface area (Å²) in [5, 5.41) is 3.16. The SMILES string of the molecule is CCc1ccc(CCC(=O)N(Cc2cccc(C)c2)[C@@H](C)C(=O)NC2CCCC2)cc1. The van der Waals surface area contributed by atoms with E-state index in [1.165, 1.54) is 18.4 Å². The number of nitrogens with zero attached hydrogens (tertiary/aromatic N) is 1. The van der Waals surface area contributed by atoms with Gasteiger partial charge in [0.25, 0.3) is 0 Å². The third-order valence-corrected chi connectivity index (χ3v) is 6.36. The van der Waals surface area contributed by atoms with Crippen molar-refractivity contribution in [2.24, 2.45) is 0 Å². The molecule has 0 heterocycles. The minimum absolute atomic E-state index is 0.0233. The average Bonchev–Trinajstić information content (AvgIpc) is 3.28. The van der Waals surface area contributed by atoms with Crippen molar-refractivity contribution >= 4 is 11.8 Å². The Hall–Kier alpha value is -2.62. The zero-order chi connectivity index (χ0) is 22.2. The number of hydrogen-bond donors (Lipinski definition) is 1. The van der Waals surface area contributed by atoms with Crippen LogP contribution in [-0.2, 0) is 29.0 Å². The minimum Gasteiger partial charge on any atom is -0.352 e. The second kappa shape index (κ2) is 11.1. The molecule has 0 aliphatic heterocycles. The molecule has 0 spiro atoms. The van der Waals surface area contributed by atoms with Crippen molar-refractivity contribution in [3.63, 3.8) is 0 Å². The Balaban J connectivity index is 1.69. The minimum atomic E-state index is -0.490. The van der Waals surface area contributed by atoms with Crippen LogP contribution in [0, 0.1) is 6.92 Å². The van der Waals surface area contributed by atoms with Crippen molar-refractivity contribution in [2.75, 3.05) is 0 Å². The Morgan fingerprint density at radius 1 is 1.03 bits per heavy atom. The van der Waals surface area contributed by atoms with Gasteiger partial charge >= 0.3 is 0 Å². The molecule has 1 saturated carbocycles. The van der Waals surface area contributed by atoms with Crippen LogP contribution in [0.3, 0.4) is 0 Å². The number of benzene rings is 2. The summed E-state index contributed by atoms with van der Waals surface area (Å²) in [6, 6.07) is 16.4. The van der Waals surface area contributed by atoms with Gasteiger partial charge in [-0.05, 0) is 56.2 Å². The van der Waals surface area contributed by atoms with Crippen LogP contribution in [0.4, 0.5) is 0 Å². The molecule has 4 nitrogen and oxygen atoms in total. The number of carbonyl (C=O) groups is 2. The zero-order valence-electron chi connectivity index (χ0n) is 19.2. The smallest absolute Gasteiger partial charge is 0.242 e. The van der Waals surface area contributed by atoms with Crippen LogP contribution in [0.1, 0.15) is 68.2 Å². The molecule has 2 amide bonds. The summed E-state index contributed by atoms with van der Waals surface area (Å²) in [4.78, 5) is 27.9. The van der Waals surface area contributed by atoms with E-state index in [1.807, 2.05) is 32.0 Å². The Morgan fingerprint density at radius 3 is 2.35 bits per heavy atom. The lowest BCUT2D eigenvalue weighted by Crippen LogP contribution is -2.49. The molecule has 2 aromatic rings. The lowest BCUT2D eigenvalue weighted by Gasteiger charge is -2.30. The molecule has 1 aliphatic carbocycles. The van der Waals surface area contributed by atoms with Crippen LogP contribution in [0.15, 0.2) is 48.5 Å². The van der Waals surface area contributed by atoms with Crippen molar-refractivity contribution in [2.45, 2.75) is 84.3 Å². The molecular formula is C27H36N2O2. The van der Waals surface area contributed by atoms with E-state index in [2.05, 4.69) is 42.6 Å². The van der Waals surface area contributed by atoms with Crippen LogP contribution < -0.4 is 5.32 Å². The van der Waals surface area contributed by atoms with E-state index >= 15 is 0 Å². The van der Waals surface area contributed by atoms with Gasteiger partial charge in [0, 0.05) is 19.0 Å². The molecule has 3 rings (SSSR count). The summed E-state index contributed by atoms with van der Waals surface area (Å²) in [5.74, 6) is -0.0182. The Labute approximate surface area is 187 Å². The van der Waals surface area contributed by atoms with Crippen LogP contribution in [0.5, 0.6) is 0 Å². The second-order valence-corrected chi connectivity index (χ2v) is 8.85.